The fourth-order valence-electron chi connectivity index (χ4n) is 5.65. The minimum absolute atomic E-state index is 0. The maximum atomic E-state index is 14.7. The second-order valence-corrected chi connectivity index (χ2v) is 12.1. The van der Waals surface area contributed by atoms with E-state index in [9.17, 15) is 22.0 Å². The number of anilines is 1. The predicted molar refractivity (Wildman–Crippen MR) is 143 cm³/mol. The number of amides is 1. The van der Waals surface area contributed by atoms with Crippen molar-refractivity contribution in [3.05, 3.63) is 96.1 Å². The number of hydrogen-bond acceptors (Lipinski definition) is 4. The van der Waals surface area contributed by atoms with Crippen molar-refractivity contribution in [3.8, 4) is 0 Å². The van der Waals surface area contributed by atoms with Crippen molar-refractivity contribution in [1.29, 1.82) is 0 Å². The molecule has 2 bridgehead atoms. The highest BCUT2D eigenvalue weighted by Gasteiger charge is 2.48. The van der Waals surface area contributed by atoms with Crippen LogP contribution in [-0.4, -0.2) is 57.8 Å². The summed E-state index contributed by atoms with van der Waals surface area (Å²) in [6.45, 7) is 3.23. The molecule has 1 N–H and O–H groups in total. The van der Waals surface area contributed by atoms with E-state index in [1.807, 2.05) is 0 Å². The van der Waals surface area contributed by atoms with Crippen LogP contribution in [0.5, 0.6) is 0 Å². The fourth-order valence-corrected chi connectivity index (χ4v) is 6.70. The number of hydrogen-bond donors (Lipinski definition) is 1. The van der Waals surface area contributed by atoms with Gasteiger partial charge in [-0.1, -0.05) is 42.5 Å². The third kappa shape index (κ3) is 6.88. The molecular formula is C29H32BrF2N3O4S. The van der Waals surface area contributed by atoms with Gasteiger partial charge in [-0.15, -0.1) is 0 Å². The molecule has 3 fully saturated rings. The number of nitrogens with one attached hydrogen (secondary N) is 1. The normalized spacial score (nSPS) is 21.9. The SMILES string of the molecule is O=C(O[C@H]1C[N+]2(CCNS(=O)(=O)c3ccccc3)CCC1CC2)N(Cc1ccc(F)cc1)c1ccccc1F.[Br-]. The van der Waals surface area contributed by atoms with Crippen molar-refractivity contribution < 1.29 is 48.2 Å². The summed E-state index contributed by atoms with van der Waals surface area (Å²) >= 11 is 0. The zero-order valence-electron chi connectivity index (χ0n) is 21.9. The molecular weight excluding hydrogens is 604 g/mol. The van der Waals surface area contributed by atoms with E-state index in [0.717, 1.165) is 25.9 Å². The smallest absolute Gasteiger partial charge is 0.415 e. The summed E-state index contributed by atoms with van der Waals surface area (Å²) in [5.74, 6) is -0.756. The molecule has 40 heavy (non-hydrogen) atoms. The molecule has 0 saturated carbocycles. The number of sulfonamides is 1. The van der Waals surface area contributed by atoms with Gasteiger partial charge in [0.2, 0.25) is 10.0 Å². The predicted octanol–water partition coefficient (Wildman–Crippen LogP) is 1.70. The minimum Gasteiger partial charge on any atom is -1.00 e. The Balaban J connectivity index is 0.00000370. The summed E-state index contributed by atoms with van der Waals surface area (Å²) in [5.41, 5.74) is 0.729. The van der Waals surface area contributed by atoms with Crippen LogP contribution in [0, 0.1) is 17.6 Å². The van der Waals surface area contributed by atoms with Gasteiger partial charge in [-0.05, 0) is 42.0 Å². The molecule has 0 spiro atoms. The van der Waals surface area contributed by atoms with Gasteiger partial charge in [-0.3, -0.25) is 4.90 Å². The van der Waals surface area contributed by atoms with Crippen LogP contribution in [0.1, 0.15) is 18.4 Å². The molecule has 1 amide bonds. The van der Waals surface area contributed by atoms with Crippen molar-refractivity contribution in [1.82, 2.24) is 4.72 Å². The average Bonchev–Trinajstić information content (AvgIpc) is 2.94. The Hall–Kier alpha value is -2.86. The second kappa shape index (κ2) is 12.8. The Kier molecular flexibility index (Phi) is 9.60. The van der Waals surface area contributed by atoms with Gasteiger partial charge in [0.05, 0.1) is 43.3 Å². The number of ether oxygens (including phenoxy) is 1. The van der Waals surface area contributed by atoms with E-state index in [1.165, 1.54) is 29.2 Å². The summed E-state index contributed by atoms with van der Waals surface area (Å²) in [4.78, 5) is 15.0. The monoisotopic (exact) mass is 635 g/mol. The lowest BCUT2D eigenvalue weighted by Gasteiger charge is -2.52. The van der Waals surface area contributed by atoms with Crippen LogP contribution in [0.3, 0.4) is 0 Å². The van der Waals surface area contributed by atoms with Crippen molar-refractivity contribution in [2.45, 2.75) is 30.4 Å². The van der Waals surface area contributed by atoms with Gasteiger partial charge in [-0.2, -0.15) is 0 Å². The van der Waals surface area contributed by atoms with Gasteiger partial charge < -0.3 is 26.2 Å². The lowest BCUT2D eigenvalue weighted by atomic mass is 9.83. The third-order valence-corrected chi connectivity index (χ3v) is 9.32. The van der Waals surface area contributed by atoms with Crippen LogP contribution < -0.4 is 26.6 Å². The lowest BCUT2D eigenvalue weighted by Crippen LogP contribution is -3.00. The van der Waals surface area contributed by atoms with E-state index in [0.29, 0.717) is 23.1 Å². The van der Waals surface area contributed by atoms with Crippen LogP contribution in [-0.2, 0) is 21.3 Å². The number of carbonyl (C=O) groups excluding carboxylic acids is 1. The molecule has 3 aliphatic rings. The van der Waals surface area contributed by atoms with Crippen molar-refractivity contribution >= 4 is 21.8 Å². The lowest BCUT2D eigenvalue weighted by molar-refractivity contribution is -0.945. The Morgan fingerprint density at radius 3 is 2.27 bits per heavy atom. The third-order valence-electron chi connectivity index (χ3n) is 7.84. The van der Waals surface area contributed by atoms with Crippen molar-refractivity contribution in [2.75, 3.05) is 37.6 Å². The van der Waals surface area contributed by atoms with Gasteiger partial charge in [-0.25, -0.2) is 26.7 Å². The Labute approximate surface area is 244 Å². The number of nitrogens with zero attached hydrogens (tertiary/aromatic N) is 2. The second-order valence-electron chi connectivity index (χ2n) is 10.3. The van der Waals surface area contributed by atoms with Crippen LogP contribution in [0.15, 0.2) is 83.8 Å². The van der Waals surface area contributed by atoms with Crippen molar-refractivity contribution in [2.24, 2.45) is 5.92 Å². The molecule has 7 nitrogen and oxygen atoms in total. The topological polar surface area (TPSA) is 75.7 Å². The molecule has 0 radical (unpaired) electrons. The Morgan fingerprint density at radius 1 is 0.950 bits per heavy atom. The molecule has 0 unspecified atom stereocenters. The number of halogens is 3. The van der Waals surface area contributed by atoms with E-state index in [4.69, 9.17) is 4.74 Å². The number of fused-ring (bicyclic) bond motifs is 3. The molecule has 214 valence electrons. The van der Waals surface area contributed by atoms with Gasteiger partial charge in [0.1, 0.15) is 18.2 Å². The van der Waals surface area contributed by atoms with Crippen LogP contribution >= 0.6 is 0 Å². The fraction of sp³-hybridized carbons (Fsp3) is 0.345. The highest BCUT2D eigenvalue weighted by atomic mass is 79.9. The van der Waals surface area contributed by atoms with Crippen LogP contribution in [0.25, 0.3) is 0 Å². The molecule has 3 aromatic carbocycles. The molecule has 0 aromatic heterocycles. The highest BCUT2D eigenvalue weighted by Crippen LogP contribution is 2.36. The summed E-state index contributed by atoms with van der Waals surface area (Å²) in [6, 6.07) is 20.0. The zero-order valence-corrected chi connectivity index (χ0v) is 24.3. The summed E-state index contributed by atoms with van der Waals surface area (Å²) < 4.78 is 62.9. The molecule has 11 heteroatoms. The molecule has 3 aromatic rings. The first-order valence-electron chi connectivity index (χ1n) is 13.1. The molecule has 3 heterocycles. The van der Waals surface area contributed by atoms with Crippen LogP contribution in [0.4, 0.5) is 19.3 Å². The molecule has 3 saturated heterocycles. The van der Waals surface area contributed by atoms with E-state index in [2.05, 4.69) is 4.72 Å². The Bertz CT molecular complexity index is 1400. The van der Waals surface area contributed by atoms with E-state index in [-0.39, 0.29) is 52.7 Å². The maximum absolute atomic E-state index is 14.7. The first-order valence-corrected chi connectivity index (χ1v) is 14.6. The van der Waals surface area contributed by atoms with Crippen molar-refractivity contribution in [3.63, 3.8) is 0 Å². The number of carbonyl (C=O) groups is 1. The van der Waals surface area contributed by atoms with E-state index < -0.39 is 27.8 Å². The van der Waals surface area contributed by atoms with Gasteiger partial charge >= 0.3 is 6.09 Å². The minimum atomic E-state index is -3.61. The molecule has 0 aliphatic carbocycles. The standard InChI is InChI=1S/C29H32F2N3O4S.BrH/c30-24-12-10-22(11-13-24)20-33(27-9-5-4-8-26(27)31)29(35)38-28-21-34(17-14-23(28)15-18-34)19-16-32-39(36,37)25-6-2-1-3-7-25;/h1-13,23,28,32H,14-21H2;1H/q+1;/p-1/t23?,28-,34?;/m0./s1. The quantitative estimate of drug-likeness (QED) is 0.363. The van der Waals surface area contributed by atoms with E-state index in [1.54, 1.807) is 54.6 Å². The van der Waals surface area contributed by atoms with Gasteiger partial charge in [0, 0.05) is 18.8 Å². The van der Waals surface area contributed by atoms with E-state index >= 15 is 0 Å². The summed E-state index contributed by atoms with van der Waals surface area (Å²) in [6.07, 6.45) is 0.696. The average molecular weight is 637 g/mol. The first-order chi connectivity index (χ1) is 18.7. The molecule has 1 atom stereocenters. The highest BCUT2D eigenvalue weighted by molar-refractivity contribution is 7.89. The summed E-state index contributed by atoms with van der Waals surface area (Å²) in [7, 11) is -3.61. The number of quaternary nitrogens is 1. The zero-order chi connectivity index (χ0) is 27.5. The Morgan fingerprint density at radius 2 is 1.60 bits per heavy atom. The van der Waals surface area contributed by atoms with Gasteiger partial charge in [0.15, 0.2) is 6.10 Å². The number of rotatable bonds is 9. The molecule has 6 rings (SSSR count). The largest absolute Gasteiger partial charge is 1.00 e. The van der Waals surface area contributed by atoms with Crippen LogP contribution in [0.2, 0.25) is 0 Å². The van der Waals surface area contributed by atoms with Gasteiger partial charge in [0.25, 0.3) is 0 Å². The maximum Gasteiger partial charge on any atom is 0.415 e. The first kappa shape index (κ1) is 30.1. The molecule has 3 aliphatic heterocycles. The number of benzene rings is 3. The summed E-state index contributed by atoms with van der Waals surface area (Å²) in [5, 5.41) is 0. The number of piperidine rings is 3. The number of para-hydroxylation sites is 1.